The molecule has 0 unspecified atom stereocenters. The third-order valence-electron chi connectivity index (χ3n) is 3.31. The van der Waals surface area contributed by atoms with E-state index in [1.807, 2.05) is 18.2 Å². The number of carbonyl (C=O) groups excluding carboxylic acids is 1. The lowest BCUT2D eigenvalue weighted by Crippen LogP contribution is -2.35. The van der Waals surface area contributed by atoms with E-state index in [9.17, 15) is 18.0 Å². The number of nitrogens with one attached hydrogen (secondary N) is 1. The predicted molar refractivity (Wildman–Crippen MR) is 84.7 cm³/mol. The topological polar surface area (TPSA) is 41.6 Å². The van der Waals surface area contributed by atoms with Gasteiger partial charge >= 0.3 is 6.36 Å². The van der Waals surface area contributed by atoms with E-state index in [0.717, 1.165) is 5.69 Å². The van der Waals surface area contributed by atoms with Crippen LogP contribution in [0, 0.1) is 0 Å². The minimum absolute atomic E-state index is 0.00819. The Morgan fingerprint density at radius 3 is 2.38 bits per heavy atom. The van der Waals surface area contributed by atoms with E-state index < -0.39 is 6.36 Å². The lowest BCUT2D eigenvalue weighted by Gasteiger charge is -2.18. The Morgan fingerprint density at radius 1 is 1.08 bits per heavy atom. The van der Waals surface area contributed by atoms with Gasteiger partial charge in [0.05, 0.1) is 6.54 Å². The van der Waals surface area contributed by atoms with Gasteiger partial charge in [0.2, 0.25) is 5.91 Å². The smallest absolute Gasteiger partial charge is 0.405 e. The van der Waals surface area contributed by atoms with Crippen LogP contribution in [-0.2, 0) is 11.3 Å². The highest BCUT2D eigenvalue weighted by molar-refractivity contribution is 5.94. The molecule has 0 bridgehead atoms. The quantitative estimate of drug-likeness (QED) is 0.878. The first-order valence-electron chi connectivity index (χ1n) is 7.23. The van der Waals surface area contributed by atoms with Crippen molar-refractivity contribution in [2.24, 2.45) is 0 Å². The van der Waals surface area contributed by atoms with Crippen LogP contribution in [0.25, 0.3) is 0 Å². The highest BCUT2D eigenvalue weighted by Gasteiger charge is 2.31. The monoisotopic (exact) mass is 338 g/mol. The number of nitrogens with zero attached hydrogens (tertiary/aromatic N) is 1. The second-order valence-corrected chi connectivity index (χ2v) is 5.05. The molecule has 0 fully saturated rings. The fraction of sp³-hybridized carbons (Fsp3) is 0.235. The summed E-state index contributed by atoms with van der Waals surface area (Å²) in [7, 11) is 1.64. The van der Waals surface area contributed by atoms with Crippen LogP contribution in [0.15, 0.2) is 54.6 Å². The average molecular weight is 338 g/mol. The van der Waals surface area contributed by atoms with Crippen molar-refractivity contribution < 1.29 is 22.7 Å². The molecule has 2 aromatic carbocycles. The first kappa shape index (κ1) is 17.8. The molecule has 2 aromatic rings. The molecule has 4 nitrogen and oxygen atoms in total. The standard InChI is InChI=1S/C17H17F3N2O2/c1-22(14-8-3-2-4-9-14)16(23)12-21-11-13-7-5-6-10-15(13)24-17(18,19)20/h2-10,21H,11-12H2,1H3. The Morgan fingerprint density at radius 2 is 1.71 bits per heavy atom. The Hall–Kier alpha value is -2.54. The van der Waals surface area contributed by atoms with E-state index in [1.54, 1.807) is 25.2 Å². The van der Waals surface area contributed by atoms with Gasteiger partial charge in [-0.2, -0.15) is 0 Å². The Labute approximate surface area is 137 Å². The van der Waals surface area contributed by atoms with E-state index in [4.69, 9.17) is 0 Å². The van der Waals surface area contributed by atoms with Crippen LogP contribution in [0.5, 0.6) is 5.75 Å². The van der Waals surface area contributed by atoms with E-state index in [2.05, 4.69) is 10.1 Å². The lowest BCUT2D eigenvalue weighted by atomic mass is 10.2. The highest BCUT2D eigenvalue weighted by atomic mass is 19.4. The zero-order valence-corrected chi connectivity index (χ0v) is 13.0. The molecular formula is C17H17F3N2O2. The van der Waals surface area contributed by atoms with Gasteiger partial charge in [0.25, 0.3) is 0 Å². The van der Waals surface area contributed by atoms with Crippen molar-refractivity contribution >= 4 is 11.6 Å². The van der Waals surface area contributed by atoms with Crippen molar-refractivity contribution in [3.63, 3.8) is 0 Å². The van der Waals surface area contributed by atoms with Crippen molar-refractivity contribution in [1.29, 1.82) is 0 Å². The molecule has 2 rings (SSSR count). The number of anilines is 1. The van der Waals surface area contributed by atoms with Gasteiger partial charge in [0.15, 0.2) is 0 Å². The summed E-state index contributed by atoms with van der Waals surface area (Å²) in [5.74, 6) is -0.475. The maximum absolute atomic E-state index is 12.4. The van der Waals surface area contributed by atoms with Crippen LogP contribution in [0.4, 0.5) is 18.9 Å². The van der Waals surface area contributed by atoms with Gasteiger partial charge in [-0.15, -0.1) is 13.2 Å². The van der Waals surface area contributed by atoms with Gasteiger partial charge in [0, 0.05) is 24.8 Å². The third-order valence-corrected chi connectivity index (χ3v) is 3.31. The SMILES string of the molecule is CN(C(=O)CNCc1ccccc1OC(F)(F)F)c1ccccc1. The van der Waals surface area contributed by atoms with Crippen molar-refractivity contribution in [1.82, 2.24) is 5.32 Å². The molecule has 0 aliphatic carbocycles. The number of amides is 1. The molecule has 0 atom stereocenters. The lowest BCUT2D eigenvalue weighted by molar-refractivity contribution is -0.274. The molecule has 0 spiro atoms. The number of halogens is 3. The molecule has 0 saturated carbocycles. The summed E-state index contributed by atoms with van der Waals surface area (Å²) >= 11 is 0. The summed E-state index contributed by atoms with van der Waals surface area (Å²) in [5, 5.41) is 2.84. The summed E-state index contributed by atoms with van der Waals surface area (Å²) in [6.45, 7) is 0.0758. The van der Waals surface area contributed by atoms with Crippen molar-refractivity contribution in [2.75, 3.05) is 18.5 Å². The largest absolute Gasteiger partial charge is 0.573 e. The van der Waals surface area contributed by atoms with E-state index in [0.29, 0.717) is 5.56 Å². The van der Waals surface area contributed by atoms with E-state index in [-0.39, 0.29) is 24.7 Å². The zero-order chi connectivity index (χ0) is 17.6. The molecule has 0 aliphatic heterocycles. The number of hydrogen-bond donors (Lipinski definition) is 1. The van der Waals surface area contributed by atoms with Gasteiger partial charge in [0.1, 0.15) is 5.75 Å². The summed E-state index contributed by atoms with van der Waals surface area (Å²) in [6, 6.07) is 14.9. The van der Waals surface area contributed by atoms with Crippen molar-refractivity contribution in [2.45, 2.75) is 12.9 Å². The van der Waals surface area contributed by atoms with Crippen LogP contribution < -0.4 is 15.0 Å². The van der Waals surface area contributed by atoms with Gasteiger partial charge in [-0.1, -0.05) is 36.4 Å². The van der Waals surface area contributed by atoms with Crippen LogP contribution in [0.2, 0.25) is 0 Å². The third kappa shape index (κ3) is 5.27. The molecular weight excluding hydrogens is 321 g/mol. The first-order valence-corrected chi connectivity index (χ1v) is 7.23. The number of benzene rings is 2. The minimum atomic E-state index is -4.75. The second kappa shape index (κ2) is 7.83. The highest BCUT2D eigenvalue weighted by Crippen LogP contribution is 2.26. The number of carbonyl (C=O) groups is 1. The number of ether oxygens (including phenoxy) is 1. The van der Waals surface area contributed by atoms with E-state index >= 15 is 0 Å². The number of alkyl halides is 3. The number of rotatable bonds is 6. The number of likely N-dealkylation sites (N-methyl/N-ethyl adjacent to an activating group) is 1. The van der Waals surface area contributed by atoms with Crippen LogP contribution in [0.1, 0.15) is 5.56 Å². The Balaban J connectivity index is 1.91. The predicted octanol–water partition coefficient (Wildman–Crippen LogP) is 3.34. The number of para-hydroxylation sites is 2. The molecule has 0 aliphatic rings. The number of hydrogen-bond acceptors (Lipinski definition) is 3. The van der Waals surface area contributed by atoms with Gasteiger partial charge in [-0.25, -0.2) is 0 Å². The fourth-order valence-electron chi connectivity index (χ4n) is 2.09. The molecule has 0 aromatic heterocycles. The Bertz CT molecular complexity index is 675. The van der Waals surface area contributed by atoms with Crippen molar-refractivity contribution in [3.8, 4) is 5.75 Å². The van der Waals surface area contributed by atoms with Gasteiger partial charge in [-0.05, 0) is 18.2 Å². The van der Waals surface area contributed by atoms with Crippen LogP contribution in [0.3, 0.4) is 0 Å². The molecule has 0 radical (unpaired) electrons. The maximum Gasteiger partial charge on any atom is 0.573 e. The summed E-state index contributed by atoms with van der Waals surface area (Å²) in [6.07, 6.45) is -4.75. The van der Waals surface area contributed by atoms with Gasteiger partial charge < -0.3 is 15.0 Å². The molecule has 0 saturated heterocycles. The first-order chi connectivity index (χ1) is 11.4. The zero-order valence-electron chi connectivity index (χ0n) is 13.0. The van der Waals surface area contributed by atoms with Gasteiger partial charge in [-0.3, -0.25) is 4.79 Å². The minimum Gasteiger partial charge on any atom is -0.405 e. The maximum atomic E-state index is 12.4. The Kier molecular flexibility index (Phi) is 5.81. The molecule has 0 heterocycles. The molecule has 1 N–H and O–H groups in total. The van der Waals surface area contributed by atoms with Crippen LogP contribution in [-0.4, -0.2) is 25.9 Å². The second-order valence-electron chi connectivity index (χ2n) is 5.05. The summed E-state index contributed by atoms with van der Waals surface area (Å²) in [5.41, 5.74) is 1.06. The normalized spacial score (nSPS) is 11.2. The molecule has 7 heteroatoms. The summed E-state index contributed by atoms with van der Waals surface area (Å²) < 4.78 is 41.1. The molecule has 1 amide bonds. The van der Waals surface area contributed by atoms with Crippen molar-refractivity contribution in [3.05, 3.63) is 60.2 Å². The van der Waals surface area contributed by atoms with Crippen LogP contribution >= 0.6 is 0 Å². The van der Waals surface area contributed by atoms with E-state index in [1.165, 1.54) is 23.1 Å². The fourth-order valence-corrected chi connectivity index (χ4v) is 2.09. The average Bonchev–Trinajstić information content (AvgIpc) is 2.55. The molecule has 128 valence electrons. The summed E-state index contributed by atoms with van der Waals surface area (Å²) in [4.78, 5) is 13.6. The molecule has 24 heavy (non-hydrogen) atoms.